The Bertz CT molecular complexity index is 1270. The van der Waals surface area contributed by atoms with E-state index in [1.165, 1.54) is 0 Å². The highest BCUT2D eigenvalue weighted by Crippen LogP contribution is 2.26. The number of benzene rings is 2. The first kappa shape index (κ1) is 24.2. The number of esters is 1. The minimum atomic E-state index is -1.19. The van der Waals surface area contributed by atoms with Gasteiger partial charge in [0, 0.05) is 38.8 Å². The van der Waals surface area contributed by atoms with Crippen molar-refractivity contribution in [2.45, 2.75) is 12.5 Å². The van der Waals surface area contributed by atoms with Gasteiger partial charge in [0.05, 0.1) is 11.1 Å². The molecular weight excluding hydrogens is 472 g/mol. The first-order valence-electron chi connectivity index (χ1n) is 12.1. The molecule has 0 radical (unpaired) electrons. The molecule has 9 nitrogen and oxygen atoms in total. The molecule has 3 aromatic rings. The highest BCUT2D eigenvalue weighted by molar-refractivity contribution is 6.22. The van der Waals surface area contributed by atoms with E-state index in [9.17, 15) is 19.2 Å². The zero-order valence-electron chi connectivity index (χ0n) is 20.2. The van der Waals surface area contributed by atoms with Gasteiger partial charge in [0.15, 0.2) is 6.61 Å². The van der Waals surface area contributed by atoms with Crippen molar-refractivity contribution in [3.05, 3.63) is 95.7 Å². The maximum absolute atomic E-state index is 13.2. The molecule has 37 heavy (non-hydrogen) atoms. The van der Waals surface area contributed by atoms with E-state index in [4.69, 9.17) is 4.74 Å². The fraction of sp³-hybridized carbons (Fsp3) is 0.250. The summed E-state index contributed by atoms with van der Waals surface area (Å²) >= 11 is 0. The van der Waals surface area contributed by atoms with Crippen LogP contribution >= 0.6 is 0 Å². The molecule has 0 N–H and O–H groups in total. The molecule has 2 aromatic carbocycles. The van der Waals surface area contributed by atoms with Crippen molar-refractivity contribution < 1.29 is 23.9 Å². The number of rotatable bonds is 7. The smallest absolute Gasteiger partial charge is 0.330 e. The fourth-order valence-corrected chi connectivity index (χ4v) is 4.65. The van der Waals surface area contributed by atoms with Gasteiger partial charge in [0.1, 0.15) is 11.9 Å². The predicted octanol–water partition coefficient (Wildman–Crippen LogP) is 2.18. The second-order valence-electron chi connectivity index (χ2n) is 8.89. The van der Waals surface area contributed by atoms with Gasteiger partial charge in [-0.3, -0.25) is 19.3 Å². The summed E-state index contributed by atoms with van der Waals surface area (Å²) < 4.78 is 5.41. The van der Waals surface area contributed by atoms with E-state index >= 15 is 0 Å². The number of pyridine rings is 1. The molecule has 188 valence electrons. The van der Waals surface area contributed by atoms with Gasteiger partial charge in [-0.05, 0) is 29.8 Å². The van der Waals surface area contributed by atoms with Gasteiger partial charge in [-0.1, -0.05) is 48.5 Å². The third kappa shape index (κ3) is 5.06. The first-order valence-corrected chi connectivity index (χ1v) is 12.1. The lowest BCUT2D eigenvalue weighted by Gasteiger charge is -2.35. The van der Waals surface area contributed by atoms with Crippen molar-refractivity contribution in [3.8, 4) is 0 Å². The molecule has 2 aliphatic rings. The average molecular weight is 499 g/mol. The van der Waals surface area contributed by atoms with Gasteiger partial charge in [-0.25, -0.2) is 9.78 Å². The molecule has 1 atom stereocenters. The van der Waals surface area contributed by atoms with Crippen molar-refractivity contribution in [1.82, 2.24) is 14.8 Å². The van der Waals surface area contributed by atoms with Gasteiger partial charge >= 0.3 is 5.97 Å². The second-order valence-corrected chi connectivity index (χ2v) is 8.89. The standard InChI is InChI=1S/C28H26N4O5/c33-25(31-16-14-30(15-17-31)24-12-6-7-13-29-24)19-37-28(36)23(18-20-8-2-1-3-9-20)32-26(34)21-10-4-5-11-22(21)27(32)35/h1-13,23H,14-19H2/t23-/m0/s1. The topological polar surface area (TPSA) is 100 Å². The highest BCUT2D eigenvalue weighted by atomic mass is 16.5. The number of hydrogen-bond donors (Lipinski definition) is 0. The fourth-order valence-electron chi connectivity index (χ4n) is 4.65. The third-order valence-corrected chi connectivity index (χ3v) is 6.62. The van der Waals surface area contributed by atoms with Crippen LogP contribution in [0.25, 0.3) is 0 Å². The Hall–Kier alpha value is -4.53. The predicted molar refractivity (Wildman–Crippen MR) is 135 cm³/mol. The summed E-state index contributed by atoms with van der Waals surface area (Å²) in [6.45, 7) is 1.71. The van der Waals surface area contributed by atoms with E-state index in [0.29, 0.717) is 26.2 Å². The van der Waals surface area contributed by atoms with Crippen LogP contribution in [-0.4, -0.2) is 77.3 Å². The van der Waals surface area contributed by atoms with Crippen molar-refractivity contribution in [3.63, 3.8) is 0 Å². The van der Waals surface area contributed by atoms with Crippen LogP contribution in [0.1, 0.15) is 26.3 Å². The van der Waals surface area contributed by atoms with Crippen molar-refractivity contribution in [1.29, 1.82) is 0 Å². The van der Waals surface area contributed by atoms with Crippen LogP contribution in [0.2, 0.25) is 0 Å². The Morgan fingerprint density at radius 3 is 2.05 bits per heavy atom. The Balaban J connectivity index is 1.25. The SMILES string of the molecule is O=C(OCC(=O)N1CCN(c2ccccn2)CC1)[C@H](Cc1ccccc1)N1C(=O)c2ccccc2C1=O. The van der Waals surface area contributed by atoms with Crippen LogP contribution in [0.5, 0.6) is 0 Å². The summed E-state index contributed by atoms with van der Waals surface area (Å²) in [6, 6.07) is 20.1. The number of imide groups is 1. The second kappa shape index (κ2) is 10.6. The third-order valence-electron chi connectivity index (χ3n) is 6.62. The lowest BCUT2D eigenvalue weighted by Crippen LogP contribution is -2.51. The van der Waals surface area contributed by atoms with Gasteiger partial charge in [0.2, 0.25) is 0 Å². The lowest BCUT2D eigenvalue weighted by molar-refractivity contribution is -0.155. The molecule has 3 amide bonds. The molecule has 1 fully saturated rings. The number of carbonyl (C=O) groups is 4. The molecular formula is C28H26N4O5. The molecule has 2 aliphatic heterocycles. The van der Waals surface area contributed by atoms with Crippen LogP contribution in [0.3, 0.4) is 0 Å². The molecule has 1 saturated heterocycles. The molecule has 0 unspecified atom stereocenters. The average Bonchev–Trinajstić information content (AvgIpc) is 3.20. The number of hydrogen-bond acceptors (Lipinski definition) is 7. The number of nitrogens with zero attached hydrogens (tertiary/aromatic N) is 4. The zero-order valence-corrected chi connectivity index (χ0v) is 20.2. The zero-order chi connectivity index (χ0) is 25.8. The quantitative estimate of drug-likeness (QED) is 0.364. The molecule has 0 aliphatic carbocycles. The number of piperazine rings is 1. The maximum atomic E-state index is 13.2. The van der Waals surface area contributed by atoms with Crippen molar-refractivity contribution >= 4 is 29.5 Å². The number of ether oxygens (including phenoxy) is 1. The van der Waals surface area contributed by atoms with E-state index < -0.39 is 30.4 Å². The number of amides is 3. The number of anilines is 1. The van der Waals surface area contributed by atoms with Gasteiger partial charge in [0.25, 0.3) is 17.7 Å². The van der Waals surface area contributed by atoms with Gasteiger partial charge < -0.3 is 14.5 Å². The summed E-state index contributed by atoms with van der Waals surface area (Å²) in [6.07, 6.45) is 1.81. The molecule has 0 saturated carbocycles. The summed E-state index contributed by atoms with van der Waals surface area (Å²) in [5, 5.41) is 0. The summed E-state index contributed by atoms with van der Waals surface area (Å²) in [5.74, 6) is -1.36. The van der Waals surface area contributed by atoms with Crippen molar-refractivity contribution in [2.24, 2.45) is 0 Å². The Morgan fingerprint density at radius 1 is 0.811 bits per heavy atom. The van der Waals surface area contributed by atoms with E-state index in [1.54, 1.807) is 35.4 Å². The van der Waals surface area contributed by atoms with E-state index in [1.807, 2.05) is 48.5 Å². The minimum absolute atomic E-state index is 0.0854. The van der Waals surface area contributed by atoms with Crippen molar-refractivity contribution in [2.75, 3.05) is 37.7 Å². The summed E-state index contributed by atoms with van der Waals surface area (Å²) in [4.78, 5) is 61.3. The largest absolute Gasteiger partial charge is 0.454 e. The number of aromatic nitrogens is 1. The Morgan fingerprint density at radius 2 is 1.43 bits per heavy atom. The molecule has 5 rings (SSSR count). The molecule has 3 heterocycles. The summed E-state index contributed by atoms with van der Waals surface area (Å²) in [7, 11) is 0. The number of fused-ring (bicyclic) bond motifs is 1. The van der Waals surface area contributed by atoms with Gasteiger partial charge in [-0.15, -0.1) is 0 Å². The van der Waals surface area contributed by atoms with Crippen LogP contribution < -0.4 is 4.90 Å². The summed E-state index contributed by atoms with van der Waals surface area (Å²) in [5.41, 5.74) is 1.26. The minimum Gasteiger partial charge on any atom is -0.454 e. The Labute approximate surface area is 214 Å². The normalized spacial score (nSPS) is 15.9. The van der Waals surface area contributed by atoms with E-state index in [2.05, 4.69) is 9.88 Å². The molecule has 0 bridgehead atoms. The van der Waals surface area contributed by atoms with Crippen LogP contribution in [-0.2, 0) is 20.7 Å². The molecule has 0 spiro atoms. The van der Waals surface area contributed by atoms with Crippen LogP contribution in [0, 0.1) is 0 Å². The highest BCUT2D eigenvalue weighted by Gasteiger charge is 2.43. The van der Waals surface area contributed by atoms with Crippen LogP contribution in [0.4, 0.5) is 5.82 Å². The monoisotopic (exact) mass is 498 g/mol. The molecule has 1 aromatic heterocycles. The first-order chi connectivity index (χ1) is 18.0. The lowest BCUT2D eigenvalue weighted by atomic mass is 10.0. The molecule has 9 heteroatoms. The van der Waals surface area contributed by atoms with Crippen LogP contribution in [0.15, 0.2) is 79.0 Å². The maximum Gasteiger partial charge on any atom is 0.330 e. The Kier molecular flexibility index (Phi) is 6.93. The van der Waals surface area contributed by atoms with E-state index in [0.717, 1.165) is 16.3 Å². The van der Waals surface area contributed by atoms with E-state index in [-0.39, 0.29) is 23.5 Å². The number of carbonyl (C=O) groups excluding carboxylic acids is 4. The van der Waals surface area contributed by atoms with Gasteiger partial charge in [-0.2, -0.15) is 0 Å².